The van der Waals surface area contributed by atoms with Crippen LogP contribution in [0.25, 0.3) is 0 Å². The molecule has 0 spiro atoms. The maximum Gasteiger partial charge on any atom is 0.127 e. The second-order valence-electron chi connectivity index (χ2n) is 4.54. The highest BCUT2D eigenvalue weighted by Crippen LogP contribution is 2.34. The minimum atomic E-state index is 0.361. The Morgan fingerprint density at radius 2 is 2.39 bits per heavy atom. The maximum atomic E-state index is 5.78. The van der Waals surface area contributed by atoms with Gasteiger partial charge >= 0.3 is 0 Å². The Bertz CT molecular complexity index is 382. The van der Waals surface area contributed by atoms with Crippen LogP contribution >= 0.6 is 0 Å². The first kappa shape index (κ1) is 13.2. The van der Waals surface area contributed by atoms with Crippen molar-refractivity contribution in [3.05, 3.63) is 23.8 Å². The predicted molar refractivity (Wildman–Crippen MR) is 72.1 cm³/mol. The van der Waals surface area contributed by atoms with E-state index in [0.29, 0.717) is 6.04 Å². The van der Waals surface area contributed by atoms with E-state index in [9.17, 15) is 0 Å². The minimum absolute atomic E-state index is 0.361. The van der Waals surface area contributed by atoms with E-state index in [0.717, 1.165) is 50.5 Å². The summed E-state index contributed by atoms with van der Waals surface area (Å²) in [7, 11) is 1.68. The Labute approximate surface area is 108 Å². The number of methoxy groups -OCH3 is 1. The molecule has 100 valence electrons. The molecule has 0 radical (unpaired) electrons. The van der Waals surface area contributed by atoms with Crippen molar-refractivity contribution in [1.29, 1.82) is 0 Å². The normalized spacial score (nSPS) is 18.7. The van der Waals surface area contributed by atoms with E-state index < -0.39 is 0 Å². The third-order valence-corrected chi connectivity index (χ3v) is 3.26. The molecule has 0 aliphatic carbocycles. The first-order chi connectivity index (χ1) is 8.85. The summed E-state index contributed by atoms with van der Waals surface area (Å²) < 4.78 is 11.0. The lowest BCUT2D eigenvalue weighted by Gasteiger charge is -2.18. The average molecular weight is 250 g/mol. The zero-order valence-corrected chi connectivity index (χ0v) is 10.9. The highest BCUT2D eigenvalue weighted by molar-refractivity contribution is 5.43. The fourth-order valence-electron chi connectivity index (χ4n) is 2.27. The van der Waals surface area contributed by atoms with Gasteiger partial charge in [0, 0.05) is 17.7 Å². The molecule has 0 bridgehead atoms. The molecule has 0 saturated carbocycles. The van der Waals surface area contributed by atoms with Crippen molar-refractivity contribution in [3.8, 4) is 11.5 Å². The summed E-state index contributed by atoms with van der Waals surface area (Å²) in [6.45, 7) is 2.45. The van der Waals surface area contributed by atoms with Crippen LogP contribution in [0.3, 0.4) is 0 Å². The smallest absolute Gasteiger partial charge is 0.127 e. The number of nitrogens with one attached hydrogen (secondary N) is 1. The van der Waals surface area contributed by atoms with Crippen molar-refractivity contribution in [2.75, 3.05) is 26.8 Å². The summed E-state index contributed by atoms with van der Waals surface area (Å²) in [4.78, 5) is 0. The Morgan fingerprint density at radius 1 is 1.50 bits per heavy atom. The van der Waals surface area contributed by atoms with Crippen molar-refractivity contribution in [2.24, 2.45) is 5.73 Å². The lowest BCUT2D eigenvalue weighted by molar-refractivity contribution is 0.313. The van der Waals surface area contributed by atoms with Crippen LogP contribution in [-0.4, -0.2) is 26.8 Å². The largest absolute Gasteiger partial charge is 0.497 e. The standard InChI is InChI=1S/C14H22N2O2/c1-17-11-5-6-12-13(16-8-3-7-15)4-2-9-18-14(12)10-11/h5-6,10,13,16H,2-4,7-9,15H2,1H3. The highest BCUT2D eigenvalue weighted by atomic mass is 16.5. The van der Waals surface area contributed by atoms with Gasteiger partial charge in [-0.05, 0) is 38.4 Å². The van der Waals surface area contributed by atoms with Crippen LogP contribution in [0.5, 0.6) is 11.5 Å². The van der Waals surface area contributed by atoms with Gasteiger partial charge in [-0.15, -0.1) is 0 Å². The maximum absolute atomic E-state index is 5.78. The monoisotopic (exact) mass is 250 g/mol. The molecule has 1 heterocycles. The van der Waals surface area contributed by atoms with Gasteiger partial charge in [0.2, 0.25) is 0 Å². The van der Waals surface area contributed by atoms with Gasteiger partial charge in [0.25, 0.3) is 0 Å². The zero-order chi connectivity index (χ0) is 12.8. The van der Waals surface area contributed by atoms with Gasteiger partial charge in [0.05, 0.1) is 13.7 Å². The molecular formula is C14H22N2O2. The van der Waals surface area contributed by atoms with Crippen LogP contribution in [0.15, 0.2) is 18.2 Å². The molecule has 1 aliphatic rings. The lowest BCUT2D eigenvalue weighted by Crippen LogP contribution is -2.23. The molecule has 0 aromatic heterocycles. The fourth-order valence-corrected chi connectivity index (χ4v) is 2.27. The van der Waals surface area contributed by atoms with Crippen LogP contribution in [0, 0.1) is 0 Å². The summed E-state index contributed by atoms with van der Waals surface area (Å²) in [5, 5.41) is 3.56. The summed E-state index contributed by atoms with van der Waals surface area (Å²) in [6.07, 6.45) is 3.17. The Hall–Kier alpha value is -1.26. The number of benzene rings is 1. The van der Waals surface area contributed by atoms with Crippen molar-refractivity contribution < 1.29 is 9.47 Å². The van der Waals surface area contributed by atoms with Gasteiger partial charge in [-0.25, -0.2) is 0 Å². The zero-order valence-electron chi connectivity index (χ0n) is 10.9. The predicted octanol–water partition coefficient (Wildman–Crippen LogP) is 1.85. The molecule has 1 unspecified atom stereocenters. The van der Waals surface area contributed by atoms with Crippen molar-refractivity contribution in [3.63, 3.8) is 0 Å². The van der Waals surface area contributed by atoms with Crippen molar-refractivity contribution >= 4 is 0 Å². The number of hydrogen-bond donors (Lipinski definition) is 2. The van der Waals surface area contributed by atoms with E-state index in [-0.39, 0.29) is 0 Å². The van der Waals surface area contributed by atoms with Crippen LogP contribution < -0.4 is 20.5 Å². The van der Waals surface area contributed by atoms with Crippen molar-refractivity contribution in [2.45, 2.75) is 25.3 Å². The molecule has 1 atom stereocenters. The molecule has 3 N–H and O–H groups in total. The summed E-state index contributed by atoms with van der Waals surface area (Å²) >= 11 is 0. The SMILES string of the molecule is COc1ccc2c(c1)OCCCC2NCCCN. The van der Waals surface area contributed by atoms with E-state index in [1.165, 1.54) is 5.56 Å². The second-order valence-corrected chi connectivity index (χ2v) is 4.54. The minimum Gasteiger partial charge on any atom is -0.497 e. The van der Waals surface area contributed by atoms with Gasteiger partial charge in [0.15, 0.2) is 0 Å². The number of hydrogen-bond acceptors (Lipinski definition) is 4. The van der Waals surface area contributed by atoms with E-state index in [4.69, 9.17) is 15.2 Å². The van der Waals surface area contributed by atoms with Crippen LogP contribution in [0.4, 0.5) is 0 Å². The first-order valence-corrected chi connectivity index (χ1v) is 6.59. The first-order valence-electron chi connectivity index (χ1n) is 6.59. The number of ether oxygens (including phenoxy) is 2. The van der Waals surface area contributed by atoms with Crippen LogP contribution in [0.2, 0.25) is 0 Å². The van der Waals surface area contributed by atoms with Gasteiger partial charge in [-0.2, -0.15) is 0 Å². The van der Waals surface area contributed by atoms with E-state index >= 15 is 0 Å². The molecule has 1 aliphatic heterocycles. The van der Waals surface area contributed by atoms with Gasteiger partial charge < -0.3 is 20.5 Å². The van der Waals surface area contributed by atoms with Gasteiger partial charge in [-0.3, -0.25) is 0 Å². The molecule has 0 saturated heterocycles. The highest BCUT2D eigenvalue weighted by Gasteiger charge is 2.19. The third kappa shape index (κ3) is 3.15. The van der Waals surface area contributed by atoms with Gasteiger partial charge in [-0.1, -0.05) is 6.07 Å². The molecule has 2 rings (SSSR count). The van der Waals surface area contributed by atoms with E-state index in [1.807, 2.05) is 12.1 Å². The molecule has 1 aromatic rings. The number of nitrogens with two attached hydrogens (primary N) is 1. The van der Waals surface area contributed by atoms with Crippen molar-refractivity contribution in [1.82, 2.24) is 5.32 Å². The van der Waals surface area contributed by atoms with Crippen LogP contribution in [-0.2, 0) is 0 Å². The molecular weight excluding hydrogens is 228 g/mol. The summed E-state index contributed by atoms with van der Waals surface area (Å²) in [5.41, 5.74) is 6.75. The Kier molecular flexibility index (Phi) is 4.84. The third-order valence-electron chi connectivity index (χ3n) is 3.26. The van der Waals surface area contributed by atoms with E-state index in [2.05, 4.69) is 11.4 Å². The van der Waals surface area contributed by atoms with Gasteiger partial charge in [0.1, 0.15) is 11.5 Å². The molecule has 0 amide bonds. The molecule has 4 nitrogen and oxygen atoms in total. The number of fused-ring (bicyclic) bond motifs is 1. The molecule has 4 heteroatoms. The average Bonchev–Trinajstić information content (AvgIpc) is 2.61. The molecule has 1 aromatic carbocycles. The van der Waals surface area contributed by atoms with E-state index in [1.54, 1.807) is 7.11 Å². The fraction of sp³-hybridized carbons (Fsp3) is 0.571. The molecule has 0 fully saturated rings. The topological polar surface area (TPSA) is 56.5 Å². The number of rotatable bonds is 5. The summed E-state index contributed by atoms with van der Waals surface area (Å²) in [6, 6.07) is 6.42. The Balaban J connectivity index is 2.13. The Morgan fingerprint density at radius 3 is 3.17 bits per heavy atom. The quantitative estimate of drug-likeness (QED) is 0.783. The van der Waals surface area contributed by atoms with Crippen LogP contribution in [0.1, 0.15) is 30.9 Å². The summed E-state index contributed by atoms with van der Waals surface area (Å²) in [5.74, 6) is 1.79. The molecule has 18 heavy (non-hydrogen) atoms. The second kappa shape index (κ2) is 6.61. The lowest BCUT2D eigenvalue weighted by atomic mass is 10.0.